The summed E-state index contributed by atoms with van der Waals surface area (Å²) < 4.78 is 27.1. The SMILES string of the molecule is CC(C)CC(CNS(=O)(=O)CC12CCC(CC1)C2)C(=O)O. The smallest absolute Gasteiger partial charge is 0.307 e. The van der Waals surface area contributed by atoms with Crippen molar-refractivity contribution in [3.05, 3.63) is 0 Å². The van der Waals surface area contributed by atoms with E-state index in [2.05, 4.69) is 4.72 Å². The third kappa shape index (κ3) is 4.42. The maximum absolute atomic E-state index is 12.3. The summed E-state index contributed by atoms with van der Waals surface area (Å²) in [6.45, 7) is 3.90. The lowest BCUT2D eigenvalue weighted by molar-refractivity contribution is -0.142. The van der Waals surface area contributed by atoms with Gasteiger partial charge in [-0.1, -0.05) is 13.8 Å². The lowest BCUT2D eigenvalue weighted by Gasteiger charge is -2.26. The number of aliphatic carboxylic acids is 1. The molecule has 2 bridgehead atoms. The molecule has 21 heavy (non-hydrogen) atoms. The number of hydrogen-bond donors (Lipinski definition) is 2. The van der Waals surface area contributed by atoms with Gasteiger partial charge in [0.15, 0.2) is 0 Å². The van der Waals surface area contributed by atoms with Crippen LogP contribution in [0.4, 0.5) is 0 Å². The molecule has 2 aliphatic rings. The molecule has 0 heterocycles. The van der Waals surface area contributed by atoms with Crippen molar-refractivity contribution in [2.45, 2.75) is 52.4 Å². The fourth-order valence-corrected chi connectivity index (χ4v) is 5.81. The van der Waals surface area contributed by atoms with Crippen LogP contribution in [0.1, 0.15) is 52.4 Å². The lowest BCUT2D eigenvalue weighted by Crippen LogP contribution is -2.39. The molecular weight excluding hydrogens is 290 g/mol. The van der Waals surface area contributed by atoms with E-state index in [9.17, 15) is 18.3 Å². The minimum absolute atomic E-state index is 0.00928. The molecule has 2 N–H and O–H groups in total. The Morgan fingerprint density at radius 1 is 1.33 bits per heavy atom. The van der Waals surface area contributed by atoms with Crippen LogP contribution in [0.5, 0.6) is 0 Å². The van der Waals surface area contributed by atoms with Gasteiger partial charge in [0.25, 0.3) is 0 Å². The molecule has 0 amide bonds. The molecule has 1 atom stereocenters. The Morgan fingerprint density at radius 3 is 2.38 bits per heavy atom. The van der Waals surface area contributed by atoms with Gasteiger partial charge in [-0.25, -0.2) is 13.1 Å². The molecule has 6 heteroatoms. The Morgan fingerprint density at radius 2 is 1.95 bits per heavy atom. The van der Waals surface area contributed by atoms with E-state index in [1.54, 1.807) is 0 Å². The molecule has 2 saturated carbocycles. The molecule has 2 fully saturated rings. The lowest BCUT2D eigenvalue weighted by atomic mass is 9.87. The number of fused-ring (bicyclic) bond motifs is 2. The van der Waals surface area contributed by atoms with Gasteiger partial charge in [-0.05, 0) is 55.8 Å². The summed E-state index contributed by atoms with van der Waals surface area (Å²) in [4.78, 5) is 11.2. The van der Waals surface area contributed by atoms with Crippen molar-refractivity contribution in [1.29, 1.82) is 0 Å². The summed E-state index contributed by atoms with van der Waals surface area (Å²) in [5.41, 5.74) is -0.0345. The second kappa shape index (κ2) is 6.24. The molecule has 0 saturated heterocycles. The monoisotopic (exact) mass is 317 g/mol. The van der Waals surface area contributed by atoms with Crippen LogP contribution in [0.15, 0.2) is 0 Å². The zero-order valence-corrected chi connectivity index (χ0v) is 13.8. The Bertz CT molecular complexity index is 478. The van der Waals surface area contributed by atoms with Gasteiger partial charge < -0.3 is 5.11 Å². The molecule has 2 rings (SSSR count). The quantitative estimate of drug-likeness (QED) is 0.719. The van der Waals surface area contributed by atoms with E-state index in [-0.39, 0.29) is 23.6 Å². The minimum Gasteiger partial charge on any atom is -0.481 e. The molecule has 0 aromatic heterocycles. The summed E-state index contributed by atoms with van der Waals surface area (Å²) in [6, 6.07) is 0. The largest absolute Gasteiger partial charge is 0.481 e. The number of carboxylic acid groups (broad SMARTS) is 1. The Balaban J connectivity index is 1.90. The van der Waals surface area contributed by atoms with Crippen LogP contribution >= 0.6 is 0 Å². The Kier molecular flexibility index (Phi) is 4.98. The molecule has 2 aliphatic carbocycles. The topological polar surface area (TPSA) is 83.5 Å². The number of carboxylic acids is 1. The highest BCUT2D eigenvalue weighted by atomic mass is 32.2. The standard InChI is InChI=1S/C15H27NO4S/c1-11(2)7-13(14(17)18)9-16-21(19,20)10-15-5-3-12(8-15)4-6-15/h11-13,16H,3-10H2,1-2H3,(H,17,18). The molecular formula is C15H27NO4S. The van der Waals surface area contributed by atoms with E-state index in [4.69, 9.17) is 0 Å². The van der Waals surface area contributed by atoms with Crippen molar-refractivity contribution >= 4 is 16.0 Å². The molecule has 0 aliphatic heterocycles. The van der Waals surface area contributed by atoms with Gasteiger partial charge in [0.1, 0.15) is 0 Å². The van der Waals surface area contributed by atoms with Gasteiger partial charge in [-0.3, -0.25) is 4.79 Å². The van der Waals surface area contributed by atoms with Crippen molar-refractivity contribution in [3.63, 3.8) is 0 Å². The number of sulfonamides is 1. The van der Waals surface area contributed by atoms with Crippen LogP contribution < -0.4 is 4.72 Å². The summed E-state index contributed by atoms with van der Waals surface area (Å²) in [5, 5.41) is 9.17. The van der Waals surface area contributed by atoms with Crippen LogP contribution in [0.2, 0.25) is 0 Å². The number of carbonyl (C=O) groups is 1. The van der Waals surface area contributed by atoms with Crippen LogP contribution in [0.25, 0.3) is 0 Å². The van der Waals surface area contributed by atoms with Crippen LogP contribution in [0.3, 0.4) is 0 Å². The molecule has 1 unspecified atom stereocenters. The normalized spacial score (nSPS) is 30.0. The van der Waals surface area contributed by atoms with Crippen molar-refractivity contribution in [2.24, 2.45) is 23.2 Å². The maximum atomic E-state index is 12.3. The molecule has 0 aromatic carbocycles. The molecule has 5 nitrogen and oxygen atoms in total. The average molecular weight is 317 g/mol. The highest BCUT2D eigenvalue weighted by molar-refractivity contribution is 7.89. The number of rotatable bonds is 8. The molecule has 0 radical (unpaired) electrons. The average Bonchev–Trinajstić information content (AvgIpc) is 2.92. The predicted molar refractivity (Wildman–Crippen MR) is 81.4 cm³/mol. The van der Waals surface area contributed by atoms with Gasteiger partial charge >= 0.3 is 5.97 Å². The third-order valence-electron chi connectivity index (χ3n) is 5.04. The highest BCUT2D eigenvalue weighted by Gasteiger charge is 2.47. The number of nitrogens with one attached hydrogen (secondary N) is 1. The highest BCUT2D eigenvalue weighted by Crippen LogP contribution is 2.54. The van der Waals surface area contributed by atoms with E-state index < -0.39 is 21.9 Å². The van der Waals surface area contributed by atoms with Gasteiger partial charge in [-0.15, -0.1) is 0 Å². The Labute approximate surface area is 127 Å². The zero-order valence-electron chi connectivity index (χ0n) is 13.0. The van der Waals surface area contributed by atoms with Crippen LogP contribution in [-0.2, 0) is 14.8 Å². The zero-order chi connectivity index (χ0) is 15.7. The van der Waals surface area contributed by atoms with E-state index >= 15 is 0 Å². The first-order valence-electron chi connectivity index (χ1n) is 7.91. The Hall–Kier alpha value is -0.620. The fourth-order valence-electron chi connectivity index (χ4n) is 4.04. The van der Waals surface area contributed by atoms with Crippen molar-refractivity contribution in [2.75, 3.05) is 12.3 Å². The van der Waals surface area contributed by atoms with Crippen LogP contribution in [-0.4, -0.2) is 31.8 Å². The second-order valence-corrected chi connectivity index (χ2v) is 9.23. The van der Waals surface area contributed by atoms with Gasteiger partial charge in [0, 0.05) is 6.54 Å². The van der Waals surface area contributed by atoms with Crippen LogP contribution in [0, 0.1) is 23.2 Å². The molecule has 0 spiro atoms. The van der Waals surface area contributed by atoms with E-state index in [0.29, 0.717) is 12.3 Å². The molecule has 122 valence electrons. The molecule has 0 aromatic rings. The first-order valence-corrected chi connectivity index (χ1v) is 9.57. The fraction of sp³-hybridized carbons (Fsp3) is 0.933. The summed E-state index contributed by atoms with van der Waals surface area (Å²) in [7, 11) is -3.39. The first-order chi connectivity index (χ1) is 9.71. The number of hydrogen-bond acceptors (Lipinski definition) is 3. The van der Waals surface area contributed by atoms with E-state index in [1.165, 1.54) is 0 Å². The summed E-state index contributed by atoms with van der Waals surface area (Å²) in [5.74, 6) is -0.444. The predicted octanol–water partition coefficient (Wildman–Crippen LogP) is 2.23. The van der Waals surface area contributed by atoms with E-state index in [0.717, 1.165) is 32.1 Å². The van der Waals surface area contributed by atoms with E-state index in [1.807, 2.05) is 13.8 Å². The summed E-state index contributed by atoms with van der Waals surface area (Å²) in [6.07, 6.45) is 5.84. The third-order valence-corrected chi connectivity index (χ3v) is 6.64. The van der Waals surface area contributed by atoms with Crippen molar-refractivity contribution < 1.29 is 18.3 Å². The summed E-state index contributed by atoms with van der Waals surface area (Å²) >= 11 is 0. The van der Waals surface area contributed by atoms with Gasteiger partial charge in [0.05, 0.1) is 11.7 Å². The first kappa shape index (κ1) is 16.7. The maximum Gasteiger partial charge on any atom is 0.307 e. The van der Waals surface area contributed by atoms with Gasteiger partial charge in [-0.2, -0.15) is 0 Å². The van der Waals surface area contributed by atoms with Crippen molar-refractivity contribution in [3.8, 4) is 0 Å². The van der Waals surface area contributed by atoms with Crippen molar-refractivity contribution in [1.82, 2.24) is 4.72 Å². The van der Waals surface area contributed by atoms with Gasteiger partial charge in [0.2, 0.25) is 10.0 Å². The minimum atomic E-state index is -3.39. The second-order valence-electron chi connectivity index (χ2n) is 7.42.